The summed E-state index contributed by atoms with van der Waals surface area (Å²) in [4.78, 5) is 32.0. The molecule has 10 heteroatoms. The fourth-order valence-electron chi connectivity index (χ4n) is 2.23. The van der Waals surface area contributed by atoms with E-state index in [1.165, 1.54) is 0 Å². The maximum Gasteiger partial charge on any atom is 0.418 e. The Morgan fingerprint density at radius 2 is 1.84 bits per heavy atom. The number of alkyl halides is 3. The Balaban J connectivity index is 2.09. The Hall–Kier alpha value is -2.62. The molecule has 1 aromatic heterocycles. The Bertz CT molecular complexity index is 941. The molecule has 25 heavy (non-hydrogen) atoms. The lowest BCUT2D eigenvalue weighted by Crippen LogP contribution is -2.26. The lowest BCUT2D eigenvalue weighted by atomic mass is 9.98. The number of allylic oxidation sites excluding steroid dienone is 2. The minimum Gasteiger partial charge on any atom is -0.351 e. The zero-order valence-corrected chi connectivity index (χ0v) is 13.6. The maximum absolute atomic E-state index is 13.2. The molecule has 1 aliphatic carbocycles. The van der Waals surface area contributed by atoms with Gasteiger partial charge in [0.15, 0.2) is 0 Å². The average molecular weight is 416 g/mol. The number of hydrogen-bond donors (Lipinski definition) is 1. The summed E-state index contributed by atoms with van der Waals surface area (Å²) in [6, 6.07) is 1.93. The van der Waals surface area contributed by atoms with E-state index in [0.717, 1.165) is 24.7 Å². The molecule has 128 valence electrons. The Labute approximate surface area is 145 Å². The second-order valence-corrected chi connectivity index (χ2v) is 5.74. The third-order valence-electron chi connectivity index (χ3n) is 3.36. The third kappa shape index (κ3) is 3.04. The zero-order valence-electron chi connectivity index (χ0n) is 12.0. The molecule has 0 saturated carbocycles. The Kier molecular flexibility index (Phi) is 4.15. The van der Waals surface area contributed by atoms with Gasteiger partial charge in [0.1, 0.15) is 23.5 Å². The molecule has 3 rings (SSSR count). The van der Waals surface area contributed by atoms with Crippen LogP contribution in [-0.2, 0) is 6.18 Å². The second kappa shape index (κ2) is 6.03. The van der Waals surface area contributed by atoms with E-state index in [4.69, 9.17) is 0 Å². The van der Waals surface area contributed by atoms with Gasteiger partial charge in [-0.3, -0.25) is 9.59 Å². The van der Waals surface area contributed by atoms with Crippen molar-refractivity contribution in [2.75, 3.05) is 5.32 Å². The van der Waals surface area contributed by atoms with Crippen LogP contribution in [0.25, 0.3) is 0 Å². The SMILES string of the molecule is O=C1C(Nc2ccc(F)cc2C(F)(F)F)=C(Br)C(=O)c2ncncc21. The van der Waals surface area contributed by atoms with Crippen LogP contribution in [0.5, 0.6) is 0 Å². The van der Waals surface area contributed by atoms with Crippen molar-refractivity contribution in [1.82, 2.24) is 9.97 Å². The van der Waals surface area contributed by atoms with Crippen molar-refractivity contribution < 1.29 is 27.2 Å². The standard InChI is InChI=1S/C15H6BrF4N3O2/c16-10-12(13(24)7-4-21-5-22-11(7)14(10)25)23-9-2-1-6(17)3-8(9)15(18,19)20/h1-5,23H. The first kappa shape index (κ1) is 17.2. The van der Waals surface area contributed by atoms with Gasteiger partial charge in [-0.05, 0) is 34.1 Å². The number of ketones is 2. The largest absolute Gasteiger partial charge is 0.418 e. The van der Waals surface area contributed by atoms with Crippen LogP contribution in [0.3, 0.4) is 0 Å². The summed E-state index contributed by atoms with van der Waals surface area (Å²) >= 11 is 2.91. The molecule has 1 N–H and O–H groups in total. The topological polar surface area (TPSA) is 72.0 Å². The Morgan fingerprint density at radius 1 is 1.12 bits per heavy atom. The number of fused-ring (bicyclic) bond motifs is 1. The summed E-state index contributed by atoms with van der Waals surface area (Å²) in [7, 11) is 0. The summed E-state index contributed by atoms with van der Waals surface area (Å²) in [5.74, 6) is -2.54. The minimum absolute atomic E-state index is 0.145. The summed E-state index contributed by atoms with van der Waals surface area (Å²) in [6.07, 6.45) is -2.69. The van der Waals surface area contributed by atoms with Crippen LogP contribution in [0.1, 0.15) is 26.4 Å². The average Bonchev–Trinajstić information content (AvgIpc) is 2.57. The molecular weight excluding hydrogens is 410 g/mol. The summed E-state index contributed by atoms with van der Waals surface area (Å²) in [5.41, 5.74) is -2.59. The molecule has 0 unspecified atom stereocenters. The van der Waals surface area contributed by atoms with Crippen molar-refractivity contribution in [1.29, 1.82) is 0 Å². The molecule has 0 atom stereocenters. The van der Waals surface area contributed by atoms with Gasteiger partial charge in [0.2, 0.25) is 11.6 Å². The molecule has 0 radical (unpaired) electrons. The van der Waals surface area contributed by atoms with Crippen molar-refractivity contribution in [2.45, 2.75) is 6.18 Å². The van der Waals surface area contributed by atoms with Crippen molar-refractivity contribution in [3.05, 3.63) is 63.5 Å². The second-order valence-electron chi connectivity index (χ2n) is 4.94. The van der Waals surface area contributed by atoms with Gasteiger partial charge in [-0.25, -0.2) is 14.4 Å². The summed E-state index contributed by atoms with van der Waals surface area (Å²) in [5, 5.41) is 2.27. The number of benzene rings is 1. The number of anilines is 1. The van der Waals surface area contributed by atoms with Crippen LogP contribution in [0.15, 0.2) is 40.9 Å². The van der Waals surface area contributed by atoms with Gasteiger partial charge >= 0.3 is 6.18 Å². The zero-order chi connectivity index (χ0) is 18.4. The van der Waals surface area contributed by atoms with Gasteiger partial charge in [0.05, 0.1) is 21.3 Å². The van der Waals surface area contributed by atoms with Crippen LogP contribution < -0.4 is 5.32 Å². The highest BCUT2D eigenvalue weighted by atomic mass is 79.9. The van der Waals surface area contributed by atoms with Crippen LogP contribution in [-0.4, -0.2) is 21.5 Å². The number of rotatable bonds is 2. The lowest BCUT2D eigenvalue weighted by molar-refractivity contribution is -0.137. The van der Waals surface area contributed by atoms with Gasteiger partial charge in [0.25, 0.3) is 0 Å². The lowest BCUT2D eigenvalue weighted by Gasteiger charge is -2.20. The molecular formula is C15H6BrF4N3O2. The number of aromatic nitrogens is 2. The summed E-state index contributed by atoms with van der Waals surface area (Å²) in [6.45, 7) is 0. The number of halogens is 5. The fourth-order valence-corrected chi connectivity index (χ4v) is 2.70. The number of nitrogens with one attached hydrogen (secondary N) is 1. The van der Waals surface area contributed by atoms with E-state index in [0.29, 0.717) is 6.07 Å². The number of Topliss-reactive ketones (excluding diaryl/α,β-unsaturated/α-hetero) is 2. The van der Waals surface area contributed by atoms with Crippen LogP contribution in [0.2, 0.25) is 0 Å². The van der Waals surface area contributed by atoms with Gasteiger partial charge in [-0.1, -0.05) is 0 Å². The molecule has 0 spiro atoms. The maximum atomic E-state index is 13.2. The van der Waals surface area contributed by atoms with E-state index in [-0.39, 0.29) is 15.7 Å². The predicted molar refractivity (Wildman–Crippen MR) is 81.7 cm³/mol. The van der Waals surface area contributed by atoms with Gasteiger partial charge in [0, 0.05) is 6.20 Å². The van der Waals surface area contributed by atoms with Crippen molar-refractivity contribution >= 4 is 33.2 Å². The molecule has 1 aliphatic rings. The molecule has 0 bridgehead atoms. The van der Waals surface area contributed by atoms with Gasteiger partial charge < -0.3 is 5.32 Å². The first-order chi connectivity index (χ1) is 11.7. The highest BCUT2D eigenvalue weighted by molar-refractivity contribution is 9.12. The number of carbonyl (C=O) groups excluding carboxylic acids is 2. The molecule has 0 amide bonds. The molecule has 0 saturated heterocycles. The third-order valence-corrected chi connectivity index (χ3v) is 4.12. The smallest absolute Gasteiger partial charge is 0.351 e. The van der Waals surface area contributed by atoms with E-state index in [2.05, 4.69) is 31.2 Å². The van der Waals surface area contributed by atoms with Crippen LogP contribution >= 0.6 is 15.9 Å². The molecule has 2 aromatic rings. The molecule has 1 heterocycles. The highest BCUT2D eigenvalue weighted by Gasteiger charge is 2.37. The predicted octanol–water partition coefficient (Wildman–Crippen LogP) is 3.73. The van der Waals surface area contributed by atoms with E-state index < -0.39 is 40.5 Å². The van der Waals surface area contributed by atoms with Crippen molar-refractivity contribution in [3.8, 4) is 0 Å². The van der Waals surface area contributed by atoms with Crippen molar-refractivity contribution in [2.24, 2.45) is 0 Å². The first-order valence-electron chi connectivity index (χ1n) is 6.63. The normalized spacial score (nSPS) is 14.6. The van der Waals surface area contributed by atoms with E-state index in [9.17, 15) is 27.2 Å². The van der Waals surface area contributed by atoms with Gasteiger partial charge in [-0.2, -0.15) is 13.2 Å². The van der Waals surface area contributed by atoms with Gasteiger partial charge in [-0.15, -0.1) is 0 Å². The molecule has 1 aromatic carbocycles. The van der Waals surface area contributed by atoms with Crippen LogP contribution in [0.4, 0.5) is 23.2 Å². The van der Waals surface area contributed by atoms with Crippen molar-refractivity contribution in [3.63, 3.8) is 0 Å². The first-order valence-corrected chi connectivity index (χ1v) is 7.42. The van der Waals surface area contributed by atoms with Crippen LogP contribution in [0, 0.1) is 5.82 Å². The Morgan fingerprint density at radius 3 is 2.52 bits per heavy atom. The van der Waals surface area contributed by atoms with E-state index in [1.54, 1.807) is 0 Å². The molecule has 5 nitrogen and oxygen atoms in total. The van der Waals surface area contributed by atoms with E-state index >= 15 is 0 Å². The number of nitrogens with zero attached hydrogens (tertiary/aromatic N) is 2. The molecule has 0 fully saturated rings. The number of hydrogen-bond acceptors (Lipinski definition) is 5. The highest BCUT2D eigenvalue weighted by Crippen LogP contribution is 2.37. The molecule has 0 aliphatic heterocycles. The van der Waals surface area contributed by atoms with E-state index in [1.807, 2.05) is 0 Å². The monoisotopic (exact) mass is 415 g/mol. The number of carbonyl (C=O) groups is 2. The minimum atomic E-state index is -4.86. The summed E-state index contributed by atoms with van der Waals surface area (Å²) < 4.78 is 52.2. The fraction of sp³-hybridized carbons (Fsp3) is 0.0667. The quantitative estimate of drug-likeness (QED) is 0.756.